The molecule has 0 aliphatic rings. The molecule has 1 N–H and O–H groups in total. The molecule has 2 aromatic carbocycles. The lowest BCUT2D eigenvalue weighted by atomic mass is 10.1. The molecule has 0 spiro atoms. The quantitative estimate of drug-likeness (QED) is 0.607. The topological polar surface area (TPSA) is 54.9 Å². The van der Waals surface area contributed by atoms with Crippen molar-refractivity contribution < 1.29 is 18.0 Å². The van der Waals surface area contributed by atoms with Crippen LogP contribution in [0.4, 0.5) is 19.0 Å². The van der Waals surface area contributed by atoms with Gasteiger partial charge in [-0.25, -0.2) is 9.97 Å². The van der Waals surface area contributed by atoms with E-state index < -0.39 is 11.7 Å². The number of anilines is 1. The fraction of sp³-hybridized carbons (Fsp3) is 0.190. The van der Waals surface area contributed by atoms with Gasteiger partial charge < -0.3 is 5.32 Å². The summed E-state index contributed by atoms with van der Waals surface area (Å²) in [5.74, 6) is 0.896. The number of aryl methyl sites for hydroxylation is 1. The van der Waals surface area contributed by atoms with E-state index in [1.54, 1.807) is 36.5 Å². The van der Waals surface area contributed by atoms with E-state index in [9.17, 15) is 18.0 Å². The number of benzene rings is 2. The van der Waals surface area contributed by atoms with Gasteiger partial charge >= 0.3 is 6.18 Å². The van der Waals surface area contributed by atoms with E-state index in [-0.39, 0.29) is 12.3 Å². The van der Waals surface area contributed by atoms with Gasteiger partial charge in [-0.15, -0.1) is 0 Å². The van der Waals surface area contributed by atoms with Crippen LogP contribution in [0.3, 0.4) is 0 Å². The van der Waals surface area contributed by atoms with E-state index in [0.717, 1.165) is 17.7 Å². The predicted molar refractivity (Wildman–Crippen MR) is 101 cm³/mol. The zero-order valence-electron chi connectivity index (χ0n) is 15.3. The highest BCUT2D eigenvalue weighted by molar-refractivity contribution is 5.95. The molecule has 0 unspecified atom stereocenters. The summed E-state index contributed by atoms with van der Waals surface area (Å²) in [4.78, 5) is 20.3. The first-order valence-electron chi connectivity index (χ1n) is 8.59. The first kappa shape index (κ1) is 19.5. The lowest BCUT2D eigenvalue weighted by Gasteiger charge is -2.12. The first-order valence-corrected chi connectivity index (χ1v) is 8.59. The van der Waals surface area contributed by atoms with E-state index in [4.69, 9.17) is 0 Å². The summed E-state index contributed by atoms with van der Waals surface area (Å²) < 4.78 is 38.6. The first-order chi connectivity index (χ1) is 13.2. The molecule has 7 heteroatoms. The Hall–Kier alpha value is -3.22. The molecule has 0 aliphatic carbocycles. The zero-order valence-corrected chi connectivity index (χ0v) is 15.3. The van der Waals surface area contributed by atoms with Crippen molar-refractivity contribution in [3.8, 4) is 11.4 Å². The van der Waals surface area contributed by atoms with Crippen LogP contribution in [0.15, 0.2) is 54.7 Å². The maximum atomic E-state index is 12.9. The number of alkyl halides is 3. The van der Waals surface area contributed by atoms with Crippen LogP contribution in [0.1, 0.15) is 34.0 Å². The normalized spacial score (nSPS) is 11.3. The third-order valence-corrected chi connectivity index (χ3v) is 4.21. The SMILES string of the molecule is CC(=O)c1cccc(-c2ncc(C)c(NCc3cccc(C(F)(F)F)c3)n2)c1. The van der Waals surface area contributed by atoms with Gasteiger partial charge in [0.2, 0.25) is 0 Å². The highest BCUT2D eigenvalue weighted by atomic mass is 19.4. The molecule has 3 aromatic rings. The van der Waals surface area contributed by atoms with Gasteiger partial charge in [-0.1, -0.05) is 30.3 Å². The second kappa shape index (κ2) is 7.80. The Morgan fingerprint density at radius 1 is 1.11 bits per heavy atom. The Bertz CT molecular complexity index is 1020. The minimum Gasteiger partial charge on any atom is -0.366 e. The number of carbonyl (C=O) groups excluding carboxylic acids is 1. The molecule has 0 bridgehead atoms. The fourth-order valence-corrected chi connectivity index (χ4v) is 2.68. The standard InChI is InChI=1S/C21H18F3N3O/c1-13-11-25-20(17-7-4-6-16(10-17)14(2)28)27-19(13)26-12-15-5-3-8-18(9-15)21(22,23)24/h3-11H,12H2,1-2H3,(H,25,26,27). The van der Waals surface area contributed by atoms with E-state index >= 15 is 0 Å². The van der Waals surface area contributed by atoms with Gasteiger partial charge in [0.05, 0.1) is 5.56 Å². The lowest BCUT2D eigenvalue weighted by molar-refractivity contribution is -0.137. The number of Topliss-reactive ketones (excluding diaryl/α,β-unsaturated/α-hetero) is 1. The van der Waals surface area contributed by atoms with Gasteiger partial charge in [0.1, 0.15) is 5.82 Å². The largest absolute Gasteiger partial charge is 0.416 e. The molecule has 0 fully saturated rings. The van der Waals surface area contributed by atoms with Crippen molar-refractivity contribution in [2.45, 2.75) is 26.6 Å². The van der Waals surface area contributed by atoms with Crippen molar-refractivity contribution in [3.05, 3.63) is 77.0 Å². The molecule has 0 amide bonds. The van der Waals surface area contributed by atoms with Crippen molar-refractivity contribution in [2.24, 2.45) is 0 Å². The van der Waals surface area contributed by atoms with Crippen molar-refractivity contribution >= 4 is 11.6 Å². The van der Waals surface area contributed by atoms with Crippen LogP contribution in [0, 0.1) is 6.92 Å². The monoisotopic (exact) mass is 385 g/mol. The molecule has 0 atom stereocenters. The Labute approximate surface area is 160 Å². The van der Waals surface area contributed by atoms with Crippen LogP contribution in [0.2, 0.25) is 0 Å². The molecule has 0 aliphatic heterocycles. The highest BCUT2D eigenvalue weighted by Crippen LogP contribution is 2.29. The molecule has 0 saturated carbocycles. The van der Waals surface area contributed by atoms with Gasteiger partial charge in [0, 0.05) is 29.4 Å². The molecule has 3 rings (SSSR count). The number of nitrogens with one attached hydrogen (secondary N) is 1. The molecule has 28 heavy (non-hydrogen) atoms. The summed E-state index contributed by atoms with van der Waals surface area (Å²) >= 11 is 0. The van der Waals surface area contributed by atoms with Crippen molar-refractivity contribution in [1.29, 1.82) is 0 Å². The third kappa shape index (κ3) is 4.54. The van der Waals surface area contributed by atoms with Crippen molar-refractivity contribution in [2.75, 3.05) is 5.32 Å². The van der Waals surface area contributed by atoms with Crippen LogP contribution >= 0.6 is 0 Å². The third-order valence-electron chi connectivity index (χ3n) is 4.21. The molecule has 0 saturated heterocycles. The molecular weight excluding hydrogens is 367 g/mol. The van der Waals surface area contributed by atoms with Crippen LogP contribution in [-0.2, 0) is 12.7 Å². The smallest absolute Gasteiger partial charge is 0.366 e. The average molecular weight is 385 g/mol. The minimum absolute atomic E-state index is 0.0585. The number of carbonyl (C=O) groups is 1. The van der Waals surface area contributed by atoms with E-state index in [0.29, 0.717) is 28.3 Å². The fourth-order valence-electron chi connectivity index (χ4n) is 2.68. The predicted octanol–water partition coefficient (Wildman–Crippen LogP) is 5.29. The molecule has 0 radical (unpaired) electrons. The van der Waals surface area contributed by atoms with Crippen LogP contribution in [0.5, 0.6) is 0 Å². The second-order valence-electron chi connectivity index (χ2n) is 6.41. The number of rotatable bonds is 5. The summed E-state index contributed by atoms with van der Waals surface area (Å²) in [6, 6.07) is 12.1. The van der Waals surface area contributed by atoms with Crippen molar-refractivity contribution in [1.82, 2.24) is 9.97 Å². The number of nitrogens with zero attached hydrogens (tertiary/aromatic N) is 2. The molecule has 144 valence electrons. The van der Waals surface area contributed by atoms with Gasteiger partial charge in [-0.3, -0.25) is 4.79 Å². The van der Waals surface area contributed by atoms with E-state index in [1.165, 1.54) is 13.0 Å². The summed E-state index contributed by atoms with van der Waals surface area (Å²) in [7, 11) is 0. The van der Waals surface area contributed by atoms with Gasteiger partial charge in [0.15, 0.2) is 11.6 Å². The van der Waals surface area contributed by atoms with Crippen LogP contribution in [-0.4, -0.2) is 15.8 Å². The molecule has 1 heterocycles. The van der Waals surface area contributed by atoms with Gasteiger partial charge in [-0.2, -0.15) is 13.2 Å². The van der Waals surface area contributed by atoms with E-state index in [2.05, 4.69) is 15.3 Å². The Morgan fingerprint density at radius 3 is 2.57 bits per heavy atom. The average Bonchev–Trinajstić information content (AvgIpc) is 2.67. The highest BCUT2D eigenvalue weighted by Gasteiger charge is 2.30. The Kier molecular flexibility index (Phi) is 5.44. The van der Waals surface area contributed by atoms with Gasteiger partial charge in [0.25, 0.3) is 0 Å². The summed E-state index contributed by atoms with van der Waals surface area (Å²) in [5, 5.41) is 3.07. The number of aromatic nitrogens is 2. The van der Waals surface area contributed by atoms with Gasteiger partial charge in [-0.05, 0) is 37.6 Å². The summed E-state index contributed by atoms with van der Waals surface area (Å²) in [5.41, 5.74) is 1.81. The zero-order chi connectivity index (χ0) is 20.3. The number of halogens is 3. The molecule has 4 nitrogen and oxygen atoms in total. The number of ketones is 1. The molecular formula is C21H18F3N3O. The minimum atomic E-state index is -4.38. The maximum Gasteiger partial charge on any atom is 0.416 e. The molecule has 1 aromatic heterocycles. The number of hydrogen-bond donors (Lipinski definition) is 1. The van der Waals surface area contributed by atoms with Crippen molar-refractivity contribution in [3.63, 3.8) is 0 Å². The Balaban J connectivity index is 1.83. The lowest BCUT2D eigenvalue weighted by Crippen LogP contribution is -2.08. The maximum absolute atomic E-state index is 12.9. The van der Waals surface area contributed by atoms with E-state index in [1.807, 2.05) is 6.92 Å². The second-order valence-corrected chi connectivity index (χ2v) is 6.41. The van der Waals surface area contributed by atoms with Crippen LogP contribution < -0.4 is 5.32 Å². The van der Waals surface area contributed by atoms with Crippen LogP contribution in [0.25, 0.3) is 11.4 Å². The Morgan fingerprint density at radius 2 is 1.86 bits per heavy atom. The summed E-state index contributed by atoms with van der Waals surface area (Å²) in [6.45, 7) is 3.48. The number of hydrogen-bond acceptors (Lipinski definition) is 4. The summed E-state index contributed by atoms with van der Waals surface area (Å²) in [6.07, 6.45) is -2.74.